The molecule has 1 aliphatic heterocycles. The van der Waals surface area contributed by atoms with E-state index in [1.165, 1.54) is 0 Å². The van der Waals surface area contributed by atoms with E-state index in [1.807, 2.05) is 25.1 Å². The SMILES string of the molecule is CC(C)CN(c1ccc([C@H](C)CC(=O)O)cc1Nc1n[nH]c(C(N)=O)n1)C1CCOCC1. The molecule has 3 rings (SSSR count). The van der Waals surface area contributed by atoms with E-state index >= 15 is 0 Å². The van der Waals surface area contributed by atoms with Gasteiger partial charge in [-0.15, -0.1) is 5.10 Å². The number of carbonyl (C=O) groups is 2. The summed E-state index contributed by atoms with van der Waals surface area (Å²) in [6.45, 7) is 8.53. The van der Waals surface area contributed by atoms with Gasteiger partial charge in [-0.3, -0.25) is 14.7 Å². The van der Waals surface area contributed by atoms with E-state index in [1.54, 1.807) is 0 Å². The molecule has 0 aliphatic carbocycles. The van der Waals surface area contributed by atoms with Crippen LogP contribution in [0.4, 0.5) is 17.3 Å². The van der Waals surface area contributed by atoms with Gasteiger partial charge >= 0.3 is 5.97 Å². The van der Waals surface area contributed by atoms with Crippen LogP contribution in [0.2, 0.25) is 0 Å². The second kappa shape index (κ2) is 10.4. The van der Waals surface area contributed by atoms with Gasteiger partial charge in [0.05, 0.1) is 17.8 Å². The maximum atomic E-state index is 11.4. The number of nitrogens with one attached hydrogen (secondary N) is 2. The number of nitrogens with two attached hydrogens (primary N) is 1. The predicted octanol–water partition coefficient (Wildman–Crippen LogP) is 2.87. The maximum Gasteiger partial charge on any atom is 0.303 e. The lowest BCUT2D eigenvalue weighted by atomic mass is 9.95. The first-order valence-electron chi connectivity index (χ1n) is 10.9. The largest absolute Gasteiger partial charge is 0.481 e. The lowest BCUT2D eigenvalue weighted by molar-refractivity contribution is -0.137. The van der Waals surface area contributed by atoms with E-state index in [0.717, 1.165) is 49.5 Å². The Morgan fingerprint density at radius 3 is 2.62 bits per heavy atom. The van der Waals surface area contributed by atoms with E-state index in [4.69, 9.17) is 10.5 Å². The smallest absolute Gasteiger partial charge is 0.303 e. The number of carboxylic acids is 1. The van der Waals surface area contributed by atoms with Crippen LogP contribution >= 0.6 is 0 Å². The molecule has 1 aromatic carbocycles. The van der Waals surface area contributed by atoms with E-state index in [9.17, 15) is 14.7 Å². The fourth-order valence-electron chi connectivity index (χ4n) is 3.97. The number of rotatable bonds is 10. The fourth-order valence-corrected chi connectivity index (χ4v) is 3.97. The highest BCUT2D eigenvalue weighted by Gasteiger charge is 2.26. The van der Waals surface area contributed by atoms with Gasteiger partial charge in [-0.25, -0.2) is 0 Å². The molecule has 1 fully saturated rings. The second-order valence-corrected chi connectivity index (χ2v) is 8.66. The number of carbonyl (C=O) groups excluding carboxylic acids is 1. The number of H-pyrrole nitrogens is 1. The average molecular weight is 445 g/mol. The zero-order valence-electron chi connectivity index (χ0n) is 18.8. The molecule has 0 unspecified atom stereocenters. The lowest BCUT2D eigenvalue weighted by Gasteiger charge is -2.38. The quantitative estimate of drug-likeness (QED) is 0.437. The van der Waals surface area contributed by atoms with Crippen molar-refractivity contribution in [1.82, 2.24) is 15.2 Å². The van der Waals surface area contributed by atoms with Crippen LogP contribution in [0, 0.1) is 5.92 Å². The summed E-state index contributed by atoms with van der Waals surface area (Å²) in [6, 6.07) is 6.27. The summed E-state index contributed by atoms with van der Waals surface area (Å²) in [5.74, 6) is -1.09. The Kier molecular flexibility index (Phi) is 7.68. The van der Waals surface area contributed by atoms with E-state index in [2.05, 4.69) is 39.2 Å². The molecule has 2 aromatic rings. The minimum absolute atomic E-state index is 0.0287. The standard InChI is InChI=1S/C22H32N6O4/c1-13(2)12-28(16-6-8-32-9-7-16)18-5-4-15(14(3)10-19(29)30)11-17(18)24-22-25-21(20(23)31)26-27-22/h4-5,11,13-14,16H,6-10,12H2,1-3H3,(H2,23,31)(H,29,30)(H2,24,25,26,27)/t14-/m1/s1. The number of anilines is 3. The molecular weight excluding hydrogens is 412 g/mol. The number of aliphatic carboxylic acids is 1. The van der Waals surface area contributed by atoms with Crippen LogP contribution in [0.25, 0.3) is 0 Å². The second-order valence-electron chi connectivity index (χ2n) is 8.66. The number of hydrogen-bond acceptors (Lipinski definition) is 7. The average Bonchev–Trinajstić information content (AvgIpc) is 3.21. The predicted molar refractivity (Wildman–Crippen MR) is 121 cm³/mol. The third kappa shape index (κ3) is 5.97. The number of aromatic nitrogens is 3. The Hall–Kier alpha value is -3.14. The summed E-state index contributed by atoms with van der Waals surface area (Å²) in [4.78, 5) is 29.1. The monoisotopic (exact) mass is 444 g/mol. The molecule has 1 atom stereocenters. The number of carboxylic acid groups (broad SMARTS) is 1. The zero-order valence-corrected chi connectivity index (χ0v) is 18.8. The molecule has 0 radical (unpaired) electrons. The maximum absolute atomic E-state index is 11.4. The number of nitrogens with zero attached hydrogens (tertiary/aromatic N) is 3. The van der Waals surface area contributed by atoms with Gasteiger partial charge in [-0.05, 0) is 42.4 Å². The van der Waals surface area contributed by atoms with Crippen molar-refractivity contribution in [2.24, 2.45) is 11.7 Å². The van der Waals surface area contributed by atoms with Crippen LogP contribution in [-0.4, -0.2) is 58.0 Å². The summed E-state index contributed by atoms with van der Waals surface area (Å²) in [5, 5.41) is 19.0. The van der Waals surface area contributed by atoms with Crippen molar-refractivity contribution in [1.29, 1.82) is 0 Å². The number of aromatic amines is 1. The normalized spacial score (nSPS) is 15.5. The van der Waals surface area contributed by atoms with Crippen LogP contribution in [0.3, 0.4) is 0 Å². The highest BCUT2D eigenvalue weighted by atomic mass is 16.5. The third-order valence-corrected chi connectivity index (χ3v) is 5.54. The molecule has 1 saturated heterocycles. The van der Waals surface area contributed by atoms with Crippen molar-refractivity contribution in [2.75, 3.05) is 30.0 Å². The van der Waals surface area contributed by atoms with E-state index < -0.39 is 11.9 Å². The van der Waals surface area contributed by atoms with Crippen LogP contribution in [-0.2, 0) is 9.53 Å². The molecule has 10 heteroatoms. The Bertz CT molecular complexity index is 938. The topological polar surface area (TPSA) is 146 Å². The molecule has 1 aromatic heterocycles. The molecule has 1 aliphatic rings. The number of benzene rings is 1. The van der Waals surface area contributed by atoms with Crippen LogP contribution in [0.5, 0.6) is 0 Å². The molecular formula is C22H32N6O4. The summed E-state index contributed by atoms with van der Waals surface area (Å²) in [6.07, 6.45) is 1.88. The minimum atomic E-state index is -0.847. The summed E-state index contributed by atoms with van der Waals surface area (Å²) in [5.41, 5.74) is 7.90. The van der Waals surface area contributed by atoms with Crippen LogP contribution < -0.4 is 16.0 Å². The molecule has 0 saturated carbocycles. The first-order chi connectivity index (χ1) is 15.2. The van der Waals surface area contributed by atoms with Gasteiger partial charge in [0.15, 0.2) is 0 Å². The third-order valence-electron chi connectivity index (χ3n) is 5.54. The van der Waals surface area contributed by atoms with Gasteiger partial charge in [0.25, 0.3) is 5.91 Å². The Balaban J connectivity index is 2.00. The van der Waals surface area contributed by atoms with Crippen LogP contribution in [0.15, 0.2) is 18.2 Å². The number of primary amides is 1. The van der Waals surface area contributed by atoms with Crippen molar-refractivity contribution in [3.8, 4) is 0 Å². The van der Waals surface area contributed by atoms with Crippen molar-refractivity contribution >= 4 is 29.2 Å². The molecule has 0 spiro atoms. The molecule has 174 valence electrons. The van der Waals surface area contributed by atoms with Crippen molar-refractivity contribution in [3.63, 3.8) is 0 Å². The van der Waals surface area contributed by atoms with Gasteiger partial charge in [0.2, 0.25) is 11.8 Å². The Morgan fingerprint density at radius 1 is 1.31 bits per heavy atom. The minimum Gasteiger partial charge on any atom is -0.481 e. The fraction of sp³-hybridized carbons (Fsp3) is 0.545. The van der Waals surface area contributed by atoms with Gasteiger partial charge in [-0.1, -0.05) is 26.8 Å². The molecule has 0 bridgehead atoms. The van der Waals surface area contributed by atoms with E-state index in [-0.39, 0.29) is 24.1 Å². The highest BCUT2D eigenvalue weighted by Crippen LogP contribution is 2.35. The Labute approximate surface area is 187 Å². The van der Waals surface area contributed by atoms with Gasteiger partial charge in [0.1, 0.15) is 0 Å². The van der Waals surface area contributed by atoms with Gasteiger partial charge < -0.3 is 25.8 Å². The summed E-state index contributed by atoms with van der Waals surface area (Å²) in [7, 11) is 0. The van der Waals surface area contributed by atoms with E-state index in [0.29, 0.717) is 12.0 Å². The number of hydrogen-bond donors (Lipinski definition) is 4. The molecule has 10 nitrogen and oxygen atoms in total. The van der Waals surface area contributed by atoms with Crippen molar-refractivity contribution in [3.05, 3.63) is 29.6 Å². The molecule has 5 N–H and O–H groups in total. The molecule has 1 amide bonds. The lowest BCUT2D eigenvalue weighted by Crippen LogP contribution is -2.42. The van der Waals surface area contributed by atoms with Crippen molar-refractivity contribution in [2.45, 2.75) is 52.0 Å². The summed E-state index contributed by atoms with van der Waals surface area (Å²) >= 11 is 0. The number of amides is 1. The molecule has 32 heavy (non-hydrogen) atoms. The molecule has 2 heterocycles. The number of ether oxygens (including phenoxy) is 1. The Morgan fingerprint density at radius 2 is 2.03 bits per heavy atom. The van der Waals surface area contributed by atoms with Crippen molar-refractivity contribution < 1.29 is 19.4 Å². The summed E-state index contributed by atoms with van der Waals surface area (Å²) < 4.78 is 5.56. The first-order valence-corrected chi connectivity index (χ1v) is 10.9. The highest BCUT2D eigenvalue weighted by molar-refractivity contribution is 5.89. The zero-order chi connectivity index (χ0) is 23.3. The van der Waals surface area contributed by atoms with Gasteiger partial charge in [0, 0.05) is 25.8 Å². The first kappa shape index (κ1) is 23.5. The van der Waals surface area contributed by atoms with Crippen LogP contribution in [0.1, 0.15) is 62.1 Å². The van der Waals surface area contributed by atoms with Gasteiger partial charge in [-0.2, -0.15) is 4.98 Å².